The molecule has 0 spiro atoms. The Morgan fingerprint density at radius 2 is 2.11 bits per heavy atom. The summed E-state index contributed by atoms with van der Waals surface area (Å²) in [5.74, 6) is 0.744. The molecular weight excluding hydrogens is 226 g/mol. The molecule has 1 fully saturated rings. The van der Waals surface area contributed by atoms with Crippen LogP contribution in [0.25, 0.3) is 0 Å². The Hall–Kier alpha value is -1.35. The molecule has 98 valence electrons. The second kappa shape index (κ2) is 6.01. The van der Waals surface area contributed by atoms with Crippen LogP contribution in [0.15, 0.2) is 24.3 Å². The van der Waals surface area contributed by atoms with Crippen molar-refractivity contribution < 1.29 is 9.53 Å². The predicted octanol–water partition coefficient (Wildman–Crippen LogP) is 2.75. The Balaban J connectivity index is 2.04. The van der Waals surface area contributed by atoms with E-state index >= 15 is 0 Å². The highest BCUT2D eigenvalue weighted by Crippen LogP contribution is 2.23. The van der Waals surface area contributed by atoms with Gasteiger partial charge in [0.2, 0.25) is 0 Å². The lowest BCUT2D eigenvalue weighted by Gasteiger charge is -2.34. The number of hydrogen-bond donors (Lipinski definition) is 0. The fourth-order valence-electron chi connectivity index (χ4n) is 2.58. The summed E-state index contributed by atoms with van der Waals surface area (Å²) in [5, 5.41) is 0. The first kappa shape index (κ1) is 13.1. The zero-order valence-electron chi connectivity index (χ0n) is 11.2. The van der Waals surface area contributed by atoms with Gasteiger partial charge in [-0.05, 0) is 49.9 Å². The molecule has 1 aliphatic rings. The van der Waals surface area contributed by atoms with Gasteiger partial charge in [-0.2, -0.15) is 0 Å². The lowest BCUT2D eigenvalue weighted by Crippen LogP contribution is -2.37. The second-order valence-electron chi connectivity index (χ2n) is 5.01. The van der Waals surface area contributed by atoms with Crippen molar-refractivity contribution in [1.82, 2.24) is 0 Å². The summed E-state index contributed by atoms with van der Waals surface area (Å²) < 4.78 is 5.24. The molecule has 1 aliphatic heterocycles. The van der Waals surface area contributed by atoms with Gasteiger partial charge in [0, 0.05) is 31.5 Å². The molecule has 0 aliphatic carbocycles. The van der Waals surface area contributed by atoms with Crippen LogP contribution in [0, 0.1) is 5.92 Å². The van der Waals surface area contributed by atoms with Crippen molar-refractivity contribution in [2.24, 2.45) is 5.92 Å². The Morgan fingerprint density at radius 3 is 2.72 bits per heavy atom. The number of ketones is 1. The van der Waals surface area contributed by atoms with Gasteiger partial charge in [0.05, 0.1) is 6.61 Å². The highest BCUT2D eigenvalue weighted by Gasteiger charge is 2.19. The van der Waals surface area contributed by atoms with Crippen LogP contribution in [-0.4, -0.2) is 32.6 Å². The van der Waals surface area contributed by atoms with Gasteiger partial charge in [0.25, 0.3) is 0 Å². The summed E-state index contributed by atoms with van der Waals surface area (Å²) in [6.45, 7) is 4.58. The third-order valence-corrected chi connectivity index (χ3v) is 3.56. The molecule has 1 unspecified atom stereocenters. The number of Topliss-reactive ketones (excluding diaryl/α,β-unsaturated/α-hetero) is 1. The molecule has 3 nitrogen and oxygen atoms in total. The van der Waals surface area contributed by atoms with E-state index in [2.05, 4.69) is 4.90 Å². The number of anilines is 1. The largest absolute Gasteiger partial charge is 0.384 e. The zero-order valence-corrected chi connectivity index (χ0v) is 11.2. The fourth-order valence-corrected chi connectivity index (χ4v) is 2.58. The molecule has 1 aromatic rings. The molecule has 1 atom stereocenters. The molecule has 0 N–H and O–H groups in total. The average Bonchev–Trinajstić information content (AvgIpc) is 2.39. The summed E-state index contributed by atoms with van der Waals surface area (Å²) in [6.07, 6.45) is 2.46. The van der Waals surface area contributed by atoms with Crippen molar-refractivity contribution >= 4 is 11.5 Å². The number of carbonyl (C=O) groups is 1. The number of methoxy groups -OCH3 is 1. The quantitative estimate of drug-likeness (QED) is 0.766. The van der Waals surface area contributed by atoms with Crippen molar-refractivity contribution in [2.75, 3.05) is 31.7 Å². The first-order valence-corrected chi connectivity index (χ1v) is 6.55. The number of rotatable bonds is 4. The number of carbonyl (C=O) groups excluding carboxylic acids is 1. The monoisotopic (exact) mass is 247 g/mol. The molecule has 0 bridgehead atoms. The molecular formula is C15H21NO2. The maximum Gasteiger partial charge on any atom is 0.159 e. The van der Waals surface area contributed by atoms with Crippen LogP contribution in [0.5, 0.6) is 0 Å². The van der Waals surface area contributed by atoms with Crippen LogP contribution < -0.4 is 4.90 Å². The number of nitrogens with zero attached hydrogens (tertiary/aromatic N) is 1. The summed E-state index contributed by atoms with van der Waals surface area (Å²) >= 11 is 0. The SMILES string of the molecule is COCC1CCCN(c2ccc(C(C)=O)cc2)C1. The summed E-state index contributed by atoms with van der Waals surface area (Å²) in [5.41, 5.74) is 1.99. The summed E-state index contributed by atoms with van der Waals surface area (Å²) in [7, 11) is 1.76. The molecule has 0 radical (unpaired) electrons. The molecule has 0 aromatic heterocycles. The highest BCUT2D eigenvalue weighted by atomic mass is 16.5. The Morgan fingerprint density at radius 1 is 1.39 bits per heavy atom. The van der Waals surface area contributed by atoms with Crippen molar-refractivity contribution in [3.05, 3.63) is 29.8 Å². The number of hydrogen-bond acceptors (Lipinski definition) is 3. The normalized spacial score (nSPS) is 19.9. The van der Waals surface area contributed by atoms with Crippen LogP contribution in [0.2, 0.25) is 0 Å². The van der Waals surface area contributed by atoms with Crippen LogP contribution in [0.3, 0.4) is 0 Å². The third kappa shape index (κ3) is 3.10. The minimum Gasteiger partial charge on any atom is -0.384 e. The van der Waals surface area contributed by atoms with Gasteiger partial charge < -0.3 is 9.64 Å². The average molecular weight is 247 g/mol. The predicted molar refractivity (Wildman–Crippen MR) is 73.3 cm³/mol. The van der Waals surface area contributed by atoms with Gasteiger partial charge in [0.1, 0.15) is 0 Å². The van der Waals surface area contributed by atoms with E-state index in [1.165, 1.54) is 18.5 Å². The Kier molecular flexibility index (Phi) is 4.37. The number of benzene rings is 1. The van der Waals surface area contributed by atoms with Crippen molar-refractivity contribution in [3.63, 3.8) is 0 Å². The Labute approximate surface area is 109 Å². The van der Waals surface area contributed by atoms with E-state index in [0.29, 0.717) is 5.92 Å². The molecule has 0 amide bonds. The number of ether oxygens (including phenoxy) is 1. The standard InChI is InChI=1S/C15H21NO2/c1-12(17)14-5-7-15(8-6-14)16-9-3-4-13(10-16)11-18-2/h5-8,13H,3-4,9-11H2,1-2H3. The molecule has 0 saturated carbocycles. The van der Waals surface area contributed by atoms with E-state index in [1.54, 1.807) is 14.0 Å². The smallest absolute Gasteiger partial charge is 0.159 e. The van der Waals surface area contributed by atoms with Gasteiger partial charge in [-0.3, -0.25) is 4.79 Å². The van der Waals surface area contributed by atoms with E-state index < -0.39 is 0 Å². The minimum atomic E-state index is 0.123. The molecule has 1 aromatic carbocycles. The topological polar surface area (TPSA) is 29.5 Å². The molecule has 3 heteroatoms. The van der Waals surface area contributed by atoms with Gasteiger partial charge >= 0.3 is 0 Å². The van der Waals surface area contributed by atoms with E-state index in [9.17, 15) is 4.79 Å². The molecule has 1 heterocycles. The second-order valence-corrected chi connectivity index (χ2v) is 5.01. The van der Waals surface area contributed by atoms with Gasteiger partial charge in [-0.15, -0.1) is 0 Å². The number of piperidine rings is 1. The van der Waals surface area contributed by atoms with Crippen molar-refractivity contribution in [2.45, 2.75) is 19.8 Å². The van der Waals surface area contributed by atoms with Crippen molar-refractivity contribution in [1.29, 1.82) is 0 Å². The van der Waals surface area contributed by atoms with E-state index in [-0.39, 0.29) is 5.78 Å². The van der Waals surface area contributed by atoms with Crippen molar-refractivity contribution in [3.8, 4) is 0 Å². The molecule has 1 saturated heterocycles. The zero-order chi connectivity index (χ0) is 13.0. The van der Waals surface area contributed by atoms with Crippen LogP contribution in [0.1, 0.15) is 30.1 Å². The Bertz CT molecular complexity index is 397. The van der Waals surface area contributed by atoms with Crippen LogP contribution in [0.4, 0.5) is 5.69 Å². The van der Waals surface area contributed by atoms with E-state index in [1.807, 2.05) is 24.3 Å². The van der Waals surface area contributed by atoms with Crippen LogP contribution in [-0.2, 0) is 4.74 Å². The highest BCUT2D eigenvalue weighted by molar-refractivity contribution is 5.94. The van der Waals surface area contributed by atoms with E-state index in [4.69, 9.17) is 4.74 Å². The fraction of sp³-hybridized carbons (Fsp3) is 0.533. The third-order valence-electron chi connectivity index (χ3n) is 3.56. The van der Waals surface area contributed by atoms with Gasteiger partial charge in [-0.25, -0.2) is 0 Å². The molecule has 18 heavy (non-hydrogen) atoms. The lowest BCUT2D eigenvalue weighted by atomic mass is 9.98. The summed E-state index contributed by atoms with van der Waals surface area (Å²) in [4.78, 5) is 13.6. The van der Waals surface area contributed by atoms with Gasteiger partial charge in [0.15, 0.2) is 5.78 Å². The minimum absolute atomic E-state index is 0.123. The van der Waals surface area contributed by atoms with E-state index in [0.717, 1.165) is 25.3 Å². The summed E-state index contributed by atoms with van der Waals surface area (Å²) in [6, 6.07) is 7.92. The first-order chi connectivity index (χ1) is 8.70. The van der Waals surface area contributed by atoms with Crippen LogP contribution >= 0.6 is 0 Å². The first-order valence-electron chi connectivity index (χ1n) is 6.55. The van der Waals surface area contributed by atoms with Gasteiger partial charge in [-0.1, -0.05) is 0 Å². The lowest BCUT2D eigenvalue weighted by molar-refractivity contribution is 0.101. The maximum absolute atomic E-state index is 11.2. The maximum atomic E-state index is 11.2. The molecule has 2 rings (SSSR count).